The predicted molar refractivity (Wildman–Crippen MR) is 116 cm³/mol. The molecular weight excluding hydrogens is 404 g/mol. The summed E-state index contributed by atoms with van der Waals surface area (Å²) in [5, 5.41) is 2.79. The molecule has 0 aromatic heterocycles. The Labute approximate surface area is 180 Å². The first-order valence-corrected chi connectivity index (χ1v) is 12.0. The van der Waals surface area contributed by atoms with Crippen molar-refractivity contribution < 1.29 is 22.7 Å². The number of aryl methyl sites for hydroxylation is 3. The van der Waals surface area contributed by atoms with E-state index in [-0.39, 0.29) is 31.6 Å². The van der Waals surface area contributed by atoms with E-state index >= 15 is 0 Å². The third-order valence-electron chi connectivity index (χ3n) is 5.46. The van der Waals surface area contributed by atoms with Gasteiger partial charge in [-0.2, -0.15) is 4.31 Å². The molecule has 168 valence electrons. The van der Waals surface area contributed by atoms with Gasteiger partial charge in [-0.15, -0.1) is 0 Å². The van der Waals surface area contributed by atoms with Gasteiger partial charge in [-0.25, -0.2) is 8.42 Å². The molecule has 0 spiro atoms. The van der Waals surface area contributed by atoms with Gasteiger partial charge in [0.25, 0.3) is 5.91 Å². The van der Waals surface area contributed by atoms with Gasteiger partial charge in [-0.3, -0.25) is 9.59 Å². The maximum absolute atomic E-state index is 13.1. The zero-order valence-electron chi connectivity index (χ0n) is 18.7. The fourth-order valence-corrected chi connectivity index (χ4v) is 5.99. The lowest BCUT2D eigenvalue weighted by molar-refractivity contribution is -0.153. The number of hydrogen-bond donors (Lipinski definition) is 1. The average molecular weight is 439 g/mol. The smallest absolute Gasteiger partial charge is 0.309 e. The van der Waals surface area contributed by atoms with Crippen molar-refractivity contribution >= 4 is 21.9 Å². The monoisotopic (exact) mass is 438 g/mol. The number of hydrogen-bond acceptors (Lipinski definition) is 5. The summed E-state index contributed by atoms with van der Waals surface area (Å²) in [6, 6.07) is 3.79. The molecule has 1 atom stereocenters. The van der Waals surface area contributed by atoms with E-state index in [2.05, 4.69) is 5.32 Å². The van der Waals surface area contributed by atoms with Crippen LogP contribution in [-0.2, 0) is 24.3 Å². The second kappa shape index (κ2) is 10.4. The van der Waals surface area contributed by atoms with Crippen LogP contribution in [0.4, 0.5) is 0 Å². The molecule has 7 nitrogen and oxygen atoms in total. The summed E-state index contributed by atoms with van der Waals surface area (Å²) in [6.07, 6.45) is 2.60. The molecule has 8 heteroatoms. The molecule has 1 heterocycles. The van der Waals surface area contributed by atoms with Crippen LogP contribution in [0.3, 0.4) is 0 Å². The van der Waals surface area contributed by atoms with E-state index in [0.29, 0.717) is 17.7 Å². The second-order valence-corrected chi connectivity index (χ2v) is 10.1. The molecule has 30 heavy (non-hydrogen) atoms. The molecule has 1 saturated heterocycles. The quantitative estimate of drug-likeness (QED) is 0.630. The Hall–Kier alpha value is -1.93. The van der Waals surface area contributed by atoms with Gasteiger partial charge in [-0.05, 0) is 58.1 Å². The Balaban J connectivity index is 1.91. The molecule has 1 aromatic carbocycles. The van der Waals surface area contributed by atoms with Crippen molar-refractivity contribution in [2.75, 3.05) is 19.7 Å². The average Bonchev–Trinajstić information content (AvgIpc) is 2.65. The molecule has 1 N–H and O–H groups in total. The summed E-state index contributed by atoms with van der Waals surface area (Å²) in [5.74, 6) is -1.14. The first kappa shape index (κ1) is 24.3. The molecule has 0 radical (unpaired) electrons. The Kier molecular flexibility index (Phi) is 8.43. The van der Waals surface area contributed by atoms with Gasteiger partial charge in [0.05, 0.1) is 10.8 Å². The number of benzene rings is 1. The molecule has 0 saturated carbocycles. The maximum atomic E-state index is 13.1. The van der Waals surface area contributed by atoms with E-state index in [9.17, 15) is 18.0 Å². The van der Waals surface area contributed by atoms with Crippen LogP contribution in [-0.4, -0.2) is 50.3 Å². The van der Waals surface area contributed by atoms with Gasteiger partial charge in [0.2, 0.25) is 10.0 Å². The molecule has 1 aromatic rings. The van der Waals surface area contributed by atoms with Gasteiger partial charge in [0, 0.05) is 19.1 Å². The number of esters is 1. The number of piperidine rings is 1. The van der Waals surface area contributed by atoms with Crippen molar-refractivity contribution in [1.82, 2.24) is 9.62 Å². The molecule has 0 bridgehead atoms. The fraction of sp³-hybridized carbons (Fsp3) is 0.636. The van der Waals surface area contributed by atoms with E-state index in [0.717, 1.165) is 29.5 Å². The highest BCUT2D eigenvalue weighted by atomic mass is 32.2. The van der Waals surface area contributed by atoms with Gasteiger partial charge < -0.3 is 10.1 Å². The number of sulfonamides is 1. The largest absolute Gasteiger partial charge is 0.455 e. The minimum atomic E-state index is -3.62. The molecule has 0 aliphatic carbocycles. The van der Waals surface area contributed by atoms with Crippen molar-refractivity contribution in [2.45, 2.75) is 71.2 Å². The van der Waals surface area contributed by atoms with Gasteiger partial charge in [0.15, 0.2) is 6.61 Å². The van der Waals surface area contributed by atoms with Crippen molar-refractivity contribution in [3.8, 4) is 0 Å². The minimum Gasteiger partial charge on any atom is -0.455 e. The van der Waals surface area contributed by atoms with E-state index in [1.54, 1.807) is 0 Å². The fourth-order valence-electron chi connectivity index (χ4n) is 4.11. The maximum Gasteiger partial charge on any atom is 0.309 e. The van der Waals surface area contributed by atoms with Crippen LogP contribution < -0.4 is 5.32 Å². The molecule has 1 unspecified atom stereocenters. The number of carbonyl (C=O) groups excluding carboxylic acids is 2. The highest BCUT2D eigenvalue weighted by Gasteiger charge is 2.34. The van der Waals surface area contributed by atoms with Crippen molar-refractivity contribution in [2.24, 2.45) is 5.92 Å². The van der Waals surface area contributed by atoms with Crippen LogP contribution in [0.1, 0.15) is 56.2 Å². The third kappa shape index (κ3) is 6.04. The second-order valence-electron chi connectivity index (χ2n) is 8.27. The summed E-state index contributed by atoms with van der Waals surface area (Å²) in [5.41, 5.74) is 2.49. The van der Waals surface area contributed by atoms with Crippen molar-refractivity contribution in [3.05, 3.63) is 28.8 Å². The van der Waals surface area contributed by atoms with Gasteiger partial charge in [-0.1, -0.05) is 31.0 Å². The Morgan fingerprint density at radius 2 is 1.73 bits per heavy atom. The molecule has 1 amide bonds. The van der Waals surface area contributed by atoms with Crippen LogP contribution >= 0.6 is 0 Å². The highest BCUT2D eigenvalue weighted by Crippen LogP contribution is 2.29. The summed E-state index contributed by atoms with van der Waals surface area (Å²) in [6.45, 7) is 9.73. The van der Waals surface area contributed by atoms with Gasteiger partial charge in [0.1, 0.15) is 0 Å². The summed E-state index contributed by atoms with van der Waals surface area (Å²) < 4.78 is 32.9. The lowest BCUT2D eigenvalue weighted by atomic mass is 9.98. The van der Waals surface area contributed by atoms with Crippen molar-refractivity contribution in [1.29, 1.82) is 0 Å². The normalized spacial score (nSPS) is 16.8. The molecule has 1 aliphatic heterocycles. The van der Waals surface area contributed by atoms with Crippen LogP contribution in [0.2, 0.25) is 0 Å². The molecule has 1 aliphatic rings. The van der Waals surface area contributed by atoms with Crippen LogP contribution in [0.25, 0.3) is 0 Å². The van der Waals surface area contributed by atoms with Gasteiger partial charge >= 0.3 is 5.97 Å². The number of rotatable bonds is 8. The number of ether oxygens (including phenoxy) is 1. The number of carbonyl (C=O) groups is 2. The number of nitrogens with one attached hydrogen (secondary N) is 1. The predicted octanol–water partition coefficient (Wildman–Crippen LogP) is 2.86. The summed E-state index contributed by atoms with van der Waals surface area (Å²) in [7, 11) is -3.62. The SMILES string of the molecule is CCCC(C)NC(=O)COC(=O)C1CCN(S(=O)(=O)c2c(C)cc(C)cc2C)CC1. The standard InChI is InChI=1S/C22H34N2O5S/c1-6-7-18(5)23-20(25)14-29-22(26)19-8-10-24(11-9-19)30(27,28)21-16(3)12-15(2)13-17(21)4/h12-13,18-19H,6-11,14H2,1-5H3,(H,23,25). The van der Waals surface area contributed by atoms with E-state index in [4.69, 9.17) is 4.74 Å². The summed E-state index contributed by atoms with van der Waals surface area (Å²) >= 11 is 0. The zero-order chi connectivity index (χ0) is 22.5. The van der Waals surface area contributed by atoms with E-state index in [1.807, 2.05) is 46.8 Å². The van der Waals surface area contributed by atoms with Crippen LogP contribution in [0.15, 0.2) is 17.0 Å². The first-order valence-electron chi connectivity index (χ1n) is 10.6. The number of amides is 1. The summed E-state index contributed by atoms with van der Waals surface area (Å²) in [4.78, 5) is 24.5. The zero-order valence-corrected chi connectivity index (χ0v) is 19.5. The first-order chi connectivity index (χ1) is 14.1. The van der Waals surface area contributed by atoms with E-state index in [1.165, 1.54) is 4.31 Å². The van der Waals surface area contributed by atoms with Crippen LogP contribution in [0.5, 0.6) is 0 Å². The topological polar surface area (TPSA) is 92.8 Å². The van der Waals surface area contributed by atoms with Crippen molar-refractivity contribution in [3.63, 3.8) is 0 Å². The Morgan fingerprint density at radius 3 is 2.27 bits per heavy atom. The molecule has 1 fully saturated rings. The Bertz CT molecular complexity index is 851. The third-order valence-corrected chi connectivity index (χ3v) is 7.67. The minimum absolute atomic E-state index is 0.0448. The van der Waals surface area contributed by atoms with Crippen LogP contribution in [0, 0.1) is 26.7 Å². The lowest BCUT2D eigenvalue weighted by Gasteiger charge is -2.31. The number of nitrogens with zero attached hydrogens (tertiary/aromatic N) is 1. The Morgan fingerprint density at radius 1 is 1.17 bits per heavy atom. The molecular formula is C22H34N2O5S. The lowest BCUT2D eigenvalue weighted by Crippen LogP contribution is -2.42. The molecule has 2 rings (SSSR count). The highest BCUT2D eigenvalue weighted by molar-refractivity contribution is 7.89. The van der Waals surface area contributed by atoms with E-state index < -0.39 is 21.9 Å².